The van der Waals surface area contributed by atoms with E-state index in [9.17, 15) is 24.9 Å². The Morgan fingerprint density at radius 3 is 1.82 bits per heavy atom. The summed E-state index contributed by atoms with van der Waals surface area (Å²) in [7, 11) is 1.54. The molecule has 3 N–H and O–H groups in total. The Hall–Kier alpha value is -4.46. The van der Waals surface area contributed by atoms with Crippen LogP contribution < -0.4 is 4.74 Å². The standard InChI is InChI=1S/C13H18O3.C10H12O2.C9H10O3/c1-2-3-4-7-10-16-13(15)11-8-5-6-9-12(11)14;1-3-4-8-5-6-9(11)10(7-8)12-2;1-2-12-9(11)7-5-3-4-6-8(7)10/h5-6,8-9,14H,2-4,7,10H2,1H3;3-7,11H,1-2H3;3-6,10H,2H2,1H3/b;4-3+;. The number of esters is 2. The van der Waals surface area contributed by atoms with Crippen molar-refractivity contribution in [1.82, 2.24) is 0 Å². The van der Waals surface area contributed by atoms with E-state index in [1.807, 2.05) is 25.1 Å². The molecule has 8 heteroatoms. The zero-order valence-corrected chi connectivity index (χ0v) is 23.6. The Morgan fingerprint density at radius 2 is 1.32 bits per heavy atom. The number of phenols is 3. The molecule has 0 aliphatic heterocycles. The van der Waals surface area contributed by atoms with Gasteiger partial charge in [0.15, 0.2) is 11.5 Å². The van der Waals surface area contributed by atoms with E-state index >= 15 is 0 Å². The molecular weight excluding hydrogens is 512 g/mol. The SMILES string of the molecule is C/C=C/c1ccc(O)c(OC)c1.CCCCCCOC(=O)c1ccccc1O.CCOC(=O)c1ccccc1O. The first-order valence-electron chi connectivity index (χ1n) is 13.2. The summed E-state index contributed by atoms with van der Waals surface area (Å²) >= 11 is 0. The molecule has 40 heavy (non-hydrogen) atoms. The summed E-state index contributed by atoms with van der Waals surface area (Å²) in [5, 5.41) is 27.9. The number of carbonyl (C=O) groups is 2. The third-order valence-electron chi connectivity index (χ3n) is 5.32. The minimum atomic E-state index is -0.490. The molecular formula is C32H40O8. The number of para-hydroxylation sites is 2. The van der Waals surface area contributed by atoms with Crippen LogP contribution in [0.5, 0.6) is 23.0 Å². The van der Waals surface area contributed by atoms with E-state index in [-0.39, 0.29) is 28.4 Å². The molecule has 0 aromatic heterocycles. The molecule has 3 aromatic rings. The van der Waals surface area contributed by atoms with Gasteiger partial charge < -0.3 is 29.5 Å². The van der Waals surface area contributed by atoms with Crippen molar-refractivity contribution in [2.24, 2.45) is 0 Å². The molecule has 0 radical (unpaired) electrons. The Kier molecular flexibility index (Phi) is 16.4. The second-order valence-electron chi connectivity index (χ2n) is 8.38. The summed E-state index contributed by atoms with van der Waals surface area (Å²) in [6, 6.07) is 17.9. The summed E-state index contributed by atoms with van der Waals surface area (Å²) in [6.07, 6.45) is 8.16. The van der Waals surface area contributed by atoms with E-state index in [1.165, 1.54) is 25.3 Å². The second kappa shape index (κ2) is 19.6. The highest BCUT2D eigenvalue weighted by Crippen LogP contribution is 2.26. The molecule has 0 atom stereocenters. The number of rotatable bonds is 10. The van der Waals surface area contributed by atoms with Gasteiger partial charge in [-0.2, -0.15) is 0 Å². The quantitative estimate of drug-likeness (QED) is 0.179. The van der Waals surface area contributed by atoms with Crippen LogP contribution in [0.4, 0.5) is 0 Å². The van der Waals surface area contributed by atoms with Gasteiger partial charge >= 0.3 is 11.9 Å². The van der Waals surface area contributed by atoms with Crippen molar-refractivity contribution in [1.29, 1.82) is 0 Å². The van der Waals surface area contributed by atoms with Gasteiger partial charge in [-0.1, -0.05) is 68.7 Å². The van der Waals surface area contributed by atoms with Crippen LogP contribution in [0.3, 0.4) is 0 Å². The predicted molar refractivity (Wildman–Crippen MR) is 156 cm³/mol. The third kappa shape index (κ3) is 12.4. The lowest BCUT2D eigenvalue weighted by Gasteiger charge is -2.05. The molecule has 0 unspecified atom stereocenters. The maximum atomic E-state index is 11.5. The van der Waals surface area contributed by atoms with E-state index in [4.69, 9.17) is 14.2 Å². The molecule has 0 spiro atoms. The van der Waals surface area contributed by atoms with Gasteiger partial charge in [0.25, 0.3) is 0 Å². The first-order chi connectivity index (χ1) is 19.3. The lowest BCUT2D eigenvalue weighted by molar-refractivity contribution is 0.0491. The number of phenolic OH excluding ortho intramolecular Hbond substituents is 3. The van der Waals surface area contributed by atoms with Crippen LogP contribution in [0, 0.1) is 0 Å². The molecule has 3 aromatic carbocycles. The summed E-state index contributed by atoms with van der Waals surface area (Å²) in [5.41, 5.74) is 1.46. The highest BCUT2D eigenvalue weighted by molar-refractivity contribution is 5.92. The molecule has 0 saturated heterocycles. The molecule has 3 rings (SSSR count). The zero-order valence-electron chi connectivity index (χ0n) is 23.6. The van der Waals surface area contributed by atoms with E-state index < -0.39 is 11.9 Å². The van der Waals surface area contributed by atoms with Gasteiger partial charge in [-0.15, -0.1) is 0 Å². The largest absolute Gasteiger partial charge is 0.507 e. The van der Waals surface area contributed by atoms with Gasteiger partial charge in [0.05, 0.1) is 20.3 Å². The van der Waals surface area contributed by atoms with Crippen LogP contribution in [0.25, 0.3) is 6.08 Å². The number of unbranched alkanes of at least 4 members (excludes halogenated alkanes) is 3. The lowest BCUT2D eigenvalue weighted by atomic mass is 10.2. The predicted octanol–water partition coefficient (Wildman–Crippen LogP) is 7.13. The van der Waals surface area contributed by atoms with Gasteiger partial charge in [0.2, 0.25) is 0 Å². The molecule has 0 saturated carbocycles. The molecule has 0 aliphatic carbocycles. The minimum Gasteiger partial charge on any atom is -0.507 e. The number of hydrogen-bond acceptors (Lipinski definition) is 8. The molecule has 8 nitrogen and oxygen atoms in total. The van der Waals surface area contributed by atoms with Gasteiger partial charge in [-0.25, -0.2) is 9.59 Å². The van der Waals surface area contributed by atoms with E-state index in [1.54, 1.807) is 49.4 Å². The van der Waals surface area contributed by atoms with Crippen LogP contribution in [-0.4, -0.2) is 47.6 Å². The van der Waals surface area contributed by atoms with Crippen molar-refractivity contribution in [3.63, 3.8) is 0 Å². The normalized spacial score (nSPS) is 10.0. The fraction of sp³-hybridized carbons (Fsp3) is 0.312. The highest BCUT2D eigenvalue weighted by atomic mass is 16.5. The number of hydrogen-bond donors (Lipinski definition) is 3. The lowest BCUT2D eigenvalue weighted by Crippen LogP contribution is -2.06. The molecule has 0 bridgehead atoms. The minimum absolute atomic E-state index is 0.0268. The van der Waals surface area contributed by atoms with Crippen molar-refractivity contribution in [3.05, 3.63) is 89.5 Å². The summed E-state index contributed by atoms with van der Waals surface area (Å²) in [6.45, 7) is 6.53. The van der Waals surface area contributed by atoms with Crippen molar-refractivity contribution >= 4 is 18.0 Å². The van der Waals surface area contributed by atoms with Crippen molar-refractivity contribution in [3.8, 4) is 23.0 Å². The Balaban J connectivity index is 0.000000305. The fourth-order valence-electron chi connectivity index (χ4n) is 3.26. The number of aromatic hydroxyl groups is 3. The van der Waals surface area contributed by atoms with Gasteiger partial charge in [0.1, 0.15) is 22.6 Å². The van der Waals surface area contributed by atoms with Crippen LogP contribution >= 0.6 is 0 Å². The Morgan fingerprint density at radius 1 is 0.750 bits per heavy atom. The van der Waals surface area contributed by atoms with Crippen molar-refractivity contribution in [2.75, 3.05) is 20.3 Å². The monoisotopic (exact) mass is 552 g/mol. The topological polar surface area (TPSA) is 123 Å². The molecule has 0 aliphatic rings. The van der Waals surface area contributed by atoms with Gasteiger partial charge in [-0.05, 0) is 62.2 Å². The maximum absolute atomic E-state index is 11.5. The summed E-state index contributed by atoms with van der Waals surface area (Å²) in [5.74, 6) is -0.335. The Bertz CT molecular complexity index is 1200. The maximum Gasteiger partial charge on any atom is 0.341 e. The van der Waals surface area contributed by atoms with Crippen molar-refractivity contribution in [2.45, 2.75) is 46.5 Å². The number of methoxy groups -OCH3 is 1. The van der Waals surface area contributed by atoms with E-state index in [0.29, 0.717) is 19.0 Å². The molecule has 0 amide bonds. The van der Waals surface area contributed by atoms with Gasteiger partial charge in [-0.3, -0.25) is 0 Å². The first-order valence-corrected chi connectivity index (χ1v) is 13.2. The number of ether oxygens (including phenoxy) is 3. The van der Waals surface area contributed by atoms with Crippen LogP contribution in [0.1, 0.15) is 72.7 Å². The summed E-state index contributed by atoms with van der Waals surface area (Å²) < 4.78 is 14.7. The molecule has 0 heterocycles. The molecule has 216 valence electrons. The van der Waals surface area contributed by atoms with Crippen LogP contribution in [0.2, 0.25) is 0 Å². The number of carbonyl (C=O) groups excluding carboxylic acids is 2. The first kappa shape index (κ1) is 33.6. The second-order valence-corrected chi connectivity index (χ2v) is 8.38. The van der Waals surface area contributed by atoms with E-state index in [0.717, 1.165) is 31.2 Å². The Labute approximate surface area is 236 Å². The fourth-order valence-corrected chi connectivity index (χ4v) is 3.26. The third-order valence-corrected chi connectivity index (χ3v) is 5.32. The van der Waals surface area contributed by atoms with E-state index in [2.05, 4.69) is 6.92 Å². The van der Waals surface area contributed by atoms with Crippen LogP contribution in [-0.2, 0) is 9.47 Å². The summed E-state index contributed by atoms with van der Waals surface area (Å²) in [4.78, 5) is 22.6. The average molecular weight is 553 g/mol. The number of benzene rings is 3. The van der Waals surface area contributed by atoms with Gasteiger partial charge in [0, 0.05) is 0 Å². The zero-order chi connectivity index (χ0) is 29.8. The smallest absolute Gasteiger partial charge is 0.341 e. The van der Waals surface area contributed by atoms with Crippen LogP contribution in [0.15, 0.2) is 72.8 Å². The molecule has 0 fully saturated rings. The average Bonchev–Trinajstić information content (AvgIpc) is 2.95. The highest BCUT2D eigenvalue weighted by Gasteiger charge is 2.11. The number of allylic oxidation sites excluding steroid dienone is 1. The van der Waals surface area contributed by atoms with Crippen molar-refractivity contribution < 1.29 is 39.1 Å².